The maximum atomic E-state index is 4.95. The van der Waals surface area contributed by atoms with Crippen LogP contribution in [0.4, 0.5) is 23.3 Å². The molecule has 0 atom stereocenters. The number of benzene rings is 4. The third-order valence-electron chi connectivity index (χ3n) is 7.33. The van der Waals surface area contributed by atoms with E-state index in [0.717, 1.165) is 43.1 Å². The van der Waals surface area contributed by atoms with Crippen LogP contribution in [0.25, 0.3) is 43.1 Å². The zero-order valence-corrected chi connectivity index (χ0v) is 22.4. The Bertz CT molecular complexity index is 2220. The molecule has 0 spiro atoms. The van der Waals surface area contributed by atoms with E-state index < -0.39 is 0 Å². The number of rotatable bonds is 0. The van der Waals surface area contributed by atoms with E-state index in [1.54, 1.807) is 0 Å². The number of hydrogen-bond acceptors (Lipinski definition) is 4. The summed E-state index contributed by atoms with van der Waals surface area (Å²) >= 11 is 0. The second-order valence-electron chi connectivity index (χ2n) is 9.67. The Labute approximate surface area is 241 Å². The van der Waals surface area contributed by atoms with Crippen LogP contribution in [-0.2, 0) is 17.1 Å². The van der Waals surface area contributed by atoms with Gasteiger partial charge in [-0.3, -0.25) is 0 Å². The van der Waals surface area contributed by atoms with Gasteiger partial charge in [-0.1, -0.05) is 97.1 Å². The van der Waals surface area contributed by atoms with E-state index in [2.05, 4.69) is 0 Å². The van der Waals surface area contributed by atoms with E-state index in [9.17, 15) is 0 Å². The molecule has 8 nitrogen and oxygen atoms in total. The Kier molecular flexibility index (Phi) is 5.12. The first-order valence-corrected chi connectivity index (χ1v) is 12.9. The molecule has 4 aromatic heterocycles. The molecule has 1 radical (unpaired) electrons. The van der Waals surface area contributed by atoms with E-state index in [4.69, 9.17) is 39.9 Å². The molecule has 9 rings (SSSR count). The summed E-state index contributed by atoms with van der Waals surface area (Å²) in [5.74, 6) is 2.21. The number of aromatic nitrogens is 4. The van der Waals surface area contributed by atoms with Gasteiger partial charge in [0.2, 0.25) is 0 Å². The summed E-state index contributed by atoms with van der Waals surface area (Å²) in [5, 5.41) is 7.15. The van der Waals surface area contributed by atoms with Crippen molar-refractivity contribution in [3.8, 4) is 0 Å². The van der Waals surface area contributed by atoms with Crippen LogP contribution >= 0.6 is 0 Å². The quantitative estimate of drug-likeness (QED) is 0.256. The summed E-state index contributed by atoms with van der Waals surface area (Å²) in [6.07, 6.45) is 0. The number of fused-ring (bicyclic) bond motifs is 20. The molecule has 0 fully saturated rings. The molecule has 0 amide bonds. The molecule has 0 unspecified atom stereocenters. The summed E-state index contributed by atoms with van der Waals surface area (Å²) in [6, 6.07) is 31.8. The summed E-state index contributed by atoms with van der Waals surface area (Å²) < 4.78 is 0. The third-order valence-corrected chi connectivity index (χ3v) is 7.33. The van der Waals surface area contributed by atoms with Crippen molar-refractivity contribution in [3.05, 3.63) is 119 Å². The van der Waals surface area contributed by atoms with Gasteiger partial charge in [-0.05, 0) is 43.1 Å². The molecule has 8 bridgehead atoms. The molecule has 4 aromatic carbocycles. The molecule has 8 aromatic rings. The molecule has 0 saturated carbocycles. The van der Waals surface area contributed by atoms with Gasteiger partial charge in [0, 0.05) is 62.3 Å². The fourth-order valence-corrected chi connectivity index (χ4v) is 5.46. The van der Waals surface area contributed by atoms with E-state index in [-0.39, 0.29) is 17.1 Å². The largest absolute Gasteiger partial charge is 0.357 e. The van der Waals surface area contributed by atoms with Crippen LogP contribution in [0.3, 0.4) is 0 Å². The number of nitrogens with zero attached hydrogens (tertiary/aromatic N) is 8. The average Bonchev–Trinajstić information content (AvgIpc) is 3.73. The zero-order chi connectivity index (χ0) is 26.2. The van der Waals surface area contributed by atoms with E-state index in [1.807, 2.05) is 97.1 Å². The zero-order valence-electron chi connectivity index (χ0n) is 21.2. The van der Waals surface area contributed by atoms with Crippen molar-refractivity contribution in [2.75, 3.05) is 0 Å². The first-order chi connectivity index (χ1) is 19.8. The summed E-state index contributed by atoms with van der Waals surface area (Å²) in [6.45, 7) is 0. The smallest absolute Gasteiger partial charge is 0.0184 e. The monoisotopic (exact) mass is 567 g/mol. The van der Waals surface area contributed by atoms with Crippen LogP contribution < -0.4 is 41.9 Å². The van der Waals surface area contributed by atoms with Crippen LogP contribution in [0.2, 0.25) is 0 Å². The first-order valence-electron chi connectivity index (χ1n) is 12.9. The molecule has 5 heterocycles. The van der Waals surface area contributed by atoms with Crippen LogP contribution in [0, 0.1) is 0 Å². The maximum absolute atomic E-state index is 4.95. The minimum Gasteiger partial charge on any atom is -0.357 e. The summed E-state index contributed by atoms with van der Waals surface area (Å²) in [5.41, 5.74) is 2.21. The normalized spacial score (nSPS) is 15.8. The van der Waals surface area contributed by atoms with Gasteiger partial charge in [-0.2, -0.15) is 0 Å². The summed E-state index contributed by atoms with van der Waals surface area (Å²) in [4.78, 5) is 39.3. The van der Waals surface area contributed by atoms with E-state index >= 15 is 0 Å². The first kappa shape index (κ1) is 23.6. The van der Waals surface area contributed by atoms with Crippen molar-refractivity contribution in [2.45, 2.75) is 0 Å². The molecule has 0 aliphatic carbocycles. The molecule has 0 saturated heterocycles. The molecular formula is C32H16MnN8-4. The van der Waals surface area contributed by atoms with Gasteiger partial charge in [0.15, 0.2) is 0 Å². The van der Waals surface area contributed by atoms with Gasteiger partial charge in [-0.25, -0.2) is 0 Å². The predicted molar refractivity (Wildman–Crippen MR) is 152 cm³/mol. The minimum atomic E-state index is 0. The van der Waals surface area contributed by atoms with Crippen molar-refractivity contribution < 1.29 is 17.1 Å². The van der Waals surface area contributed by atoms with Crippen molar-refractivity contribution >= 4 is 66.4 Å². The predicted octanol–water partition coefficient (Wildman–Crippen LogP) is 4.24. The second kappa shape index (κ2) is 8.89. The van der Waals surface area contributed by atoms with Gasteiger partial charge in [0.25, 0.3) is 0 Å². The Hall–Kier alpha value is -5.24. The molecule has 0 N–H and O–H groups in total. The second-order valence-corrected chi connectivity index (χ2v) is 9.67. The molecule has 1 aliphatic heterocycles. The van der Waals surface area contributed by atoms with Crippen molar-refractivity contribution in [1.29, 1.82) is 0 Å². The van der Waals surface area contributed by atoms with Crippen molar-refractivity contribution in [2.24, 2.45) is 20.0 Å². The van der Waals surface area contributed by atoms with Crippen molar-refractivity contribution in [1.82, 2.24) is 19.9 Å². The standard InChI is InChI=1S/C32H16N8.Mn/c1-2-10-18-17(9-1)25-33-26(18)38-28-21-13-5-6-14-22(21)30(35-28)40-32-24-16-8-7-15-23(24)31(36-32)39-29-20-12-4-3-11-19(20)27(34-29)37-25;/h1-16H;/q-4;. The van der Waals surface area contributed by atoms with Gasteiger partial charge < -0.3 is 39.9 Å². The Morgan fingerprint density at radius 2 is 0.512 bits per heavy atom. The fourth-order valence-electron chi connectivity index (χ4n) is 5.46. The topological polar surface area (TPSA) is 106 Å². The maximum Gasteiger partial charge on any atom is 0.0184 e. The number of hydrogen-bond donors (Lipinski definition) is 0. The molecule has 195 valence electrons. The molecule has 41 heavy (non-hydrogen) atoms. The van der Waals surface area contributed by atoms with E-state index in [0.29, 0.717) is 45.2 Å². The van der Waals surface area contributed by atoms with Crippen LogP contribution in [0.15, 0.2) is 117 Å². The van der Waals surface area contributed by atoms with Crippen molar-refractivity contribution in [3.63, 3.8) is 0 Å². The Morgan fingerprint density at radius 1 is 0.293 bits per heavy atom. The van der Waals surface area contributed by atoms with Gasteiger partial charge in [0.05, 0.1) is 0 Å². The van der Waals surface area contributed by atoms with Gasteiger partial charge >= 0.3 is 0 Å². The molecule has 1 aliphatic rings. The Balaban J connectivity index is 0.00000256. The van der Waals surface area contributed by atoms with E-state index in [1.165, 1.54) is 0 Å². The van der Waals surface area contributed by atoms with Gasteiger partial charge in [-0.15, -0.1) is 0 Å². The molecular weight excluding hydrogens is 551 g/mol. The molecule has 9 heteroatoms. The fraction of sp³-hybridized carbons (Fsp3) is 0. The Morgan fingerprint density at radius 3 is 0.756 bits per heavy atom. The van der Waals surface area contributed by atoms with Crippen LogP contribution in [0.1, 0.15) is 0 Å². The van der Waals surface area contributed by atoms with Crippen LogP contribution in [-0.4, -0.2) is 0 Å². The third kappa shape index (κ3) is 3.53. The average molecular weight is 567 g/mol. The minimum absolute atomic E-state index is 0. The van der Waals surface area contributed by atoms with Crippen LogP contribution in [0.5, 0.6) is 0 Å². The summed E-state index contributed by atoms with van der Waals surface area (Å²) in [7, 11) is 0. The van der Waals surface area contributed by atoms with Gasteiger partial charge in [0.1, 0.15) is 0 Å². The SMILES string of the molecule is [Mn].c1ccc2c3[n-]c(c2c1)/N=c1\[n-]/c(c2ccccc12)=N\c1[n-]c(c2ccccc12)/N=c1\[n-]/c(c2ccccc12)=N\3.